The van der Waals surface area contributed by atoms with E-state index in [-0.39, 0.29) is 6.04 Å². The van der Waals surface area contributed by atoms with Gasteiger partial charge in [0.2, 0.25) is 0 Å². The summed E-state index contributed by atoms with van der Waals surface area (Å²) >= 11 is 0. The molecule has 16 heavy (non-hydrogen) atoms. The molecule has 0 fully saturated rings. The minimum atomic E-state index is -0.00667. The van der Waals surface area contributed by atoms with Gasteiger partial charge in [-0.3, -0.25) is 5.10 Å². The molecule has 3 heteroatoms. The van der Waals surface area contributed by atoms with Gasteiger partial charge in [-0.05, 0) is 44.0 Å². The van der Waals surface area contributed by atoms with Gasteiger partial charge in [-0.2, -0.15) is 5.10 Å². The van der Waals surface area contributed by atoms with E-state index in [4.69, 9.17) is 5.73 Å². The number of benzene rings is 1. The molecule has 0 aliphatic rings. The van der Waals surface area contributed by atoms with E-state index >= 15 is 0 Å². The van der Waals surface area contributed by atoms with Crippen LogP contribution in [0.5, 0.6) is 0 Å². The van der Waals surface area contributed by atoms with Crippen molar-refractivity contribution in [2.45, 2.75) is 26.8 Å². The van der Waals surface area contributed by atoms with Gasteiger partial charge >= 0.3 is 0 Å². The molecule has 3 N–H and O–H groups in total. The molecule has 3 nitrogen and oxygen atoms in total. The summed E-state index contributed by atoms with van der Waals surface area (Å²) in [4.78, 5) is 0. The van der Waals surface area contributed by atoms with Gasteiger partial charge in [0, 0.05) is 11.6 Å². The first-order valence-corrected chi connectivity index (χ1v) is 5.46. The Morgan fingerprint density at radius 2 is 1.94 bits per heavy atom. The van der Waals surface area contributed by atoms with Crippen LogP contribution in [0.2, 0.25) is 0 Å². The molecule has 84 valence electrons. The largest absolute Gasteiger partial charge is 0.323 e. The predicted octanol–water partition coefficient (Wildman–Crippen LogP) is 2.71. The Morgan fingerprint density at radius 3 is 2.50 bits per heavy atom. The maximum absolute atomic E-state index is 5.79. The highest BCUT2D eigenvalue weighted by molar-refractivity contribution is 5.61. The van der Waals surface area contributed by atoms with Crippen molar-refractivity contribution < 1.29 is 0 Å². The predicted molar refractivity (Wildman–Crippen MR) is 66.1 cm³/mol. The number of hydrogen-bond donors (Lipinski definition) is 2. The lowest BCUT2D eigenvalue weighted by molar-refractivity contribution is 0.772. The number of nitrogens with two attached hydrogens (primary N) is 1. The van der Waals surface area contributed by atoms with E-state index in [0.717, 1.165) is 17.0 Å². The number of aromatic nitrogens is 2. The topological polar surface area (TPSA) is 54.7 Å². The average molecular weight is 215 g/mol. The fourth-order valence-electron chi connectivity index (χ4n) is 1.62. The molecule has 0 saturated carbocycles. The third-order valence-corrected chi connectivity index (χ3v) is 2.89. The number of aryl methyl sites for hydroxylation is 2. The summed E-state index contributed by atoms with van der Waals surface area (Å²) in [6, 6.07) is 8.35. The maximum atomic E-state index is 5.79. The van der Waals surface area contributed by atoms with Crippen LogP contribution in [0.15, 0.2) is 24.3 Å². The summed E-state index contributed by atoms with van der Waals surface area (Å²) in [6.45, 7) is 6.16. The zero-order chi connectivity index (χ0) is 11.7. The molecule has 0 aliphatic carbocycles. The van der Waals surface area contributed by atoms with Crippen molar-refractivity contribution in [1.82, 2.24) is 10.2 Å². The van der Waals surface area contributed by atoms with Crippen LogP contribution in [-0.4, -0.2) is 10.2 Å². The summed E-state index contributed by atoms with van der Waals surface area (Å²) < 4.78 is 0. The molecule has 1 aromatic heterocycles. The molecule has 2 rings (SSSR count). The van der Waals surface area contributed by atoms with Crippen LogP contribution >= 0.6 is 0 Å². The molecule has 0 radical (unpaired) electrons. The monoisotopic (exact) mass is 215 g/mol. The second-order valence-electron chi connectivity index (χ2n) is 4.30. The average Bonchev–Trinajstić information content (AvgIpc) is 2.71. The van der Waals surface area contributed by atoms with E-state index in [9.17, 15) is 0 Å². The van der Waals surface area contributed by atoms with Crippen molar-refractivity contribution in [1.29, 1.82) is 0 Å². The number of rotatable bonds is 2. The molecule has 0 amide bonds. The van der Waals surface area contributed by atoms with Gasteiger partial charge in [0.15, 0.2) is 0 Å². The number of nitrogens with zero attached hydrogens (tertiary/aromatic N) is 1. The zero-order valence-corrected chi connectivity index (χ0v) is 9.91. The van der Waals surface area contributed by atoms with E-state index in [0.29, 0.717) is 0 Å². The quantitative estimate of drug-likeness (QED) is 0.809. The van der Waals surface area contributed by atoms with Crippen LogP contribution in [-0.2, 0) is 0 Å². The standard InChI is InChI=1S/C13H17N3/c1-8-4-5-11(6-9(8)2)13-7-12(10(3)14)15-16-13/h4-7,10H,14H2,1-3H3,(H,15,16). The van der Waals surface area contributed by atoms with E-state index < -0.39 is 0 Å². The molecular weight excluding hydrogens is 198 g/mol. The van der Waals surface area contributed by atoms with Crippen molar-refractivity contribution in [2.24, 2.45) is 5.73 Å². The first kappa shape index (κ1) is 10.9. The van der Waals surface area contributed by atoms with E-state index in [1.165, 1.54) is 11.1 Å². The van der Waals surface area contributed by atoms with Crippen molar-refractivity contribution >= 4 is 0 Å². The normalized spacial score (nSPS) is 12.8. The third-order valence-electron chi connectivity index (χ3n) is 2.89. The van der Waals surface area contributed by atoms with E-state index in [1.807, 2.05) is 13.0 Å². The Labute approximate surface area is 95.7 Å². The van der Waals surface area contributed by atoms with E-state index in [1.54, 1.807) is 0 Å². The summed E-state index contributed by atoms with van der Waals surface area (Å²) in [5.74, 6) is 0. The van der Waals surface area contributed by atoms with Crippen molar-refractivity contribution in [2.75, 3.05) is 0 Å². The highest BCUT2D eigenvalue weighted by Crippen LogP contribution is 2.22. The van der Waals surface area contributed by atoms with Gasteiger partial charge < -0.3 is 5.73 Å². The summed E-state index contributed by atoms with van der Waals surface area (Å²) in [5.41, 5.74) is 11.4. The fraction of sp³-hybridized carbons (Fsp3) is 0.308. The molecule has 1 heterocycles. The number of H-pyrrole nitrogens is 1. The molecule has 2 aromatic rings. The Hall–Kier alpha value is -1.61. The highest BCUT2D eigenvalue weighted by Gasteiger charge is 2.07. The van der Waals surface area contributed by atoms with Gasteiger partial charge in [0.25, 0.3) is 0 Å². The van der Waals surface area contributed by atoms with Crippen LogP contribution in [0.3, 0.4) is 0 Å². The molecule has 1 aromatic carbocycles. The lowest BCUT2D eigenvalue weighted by Crippen LogP contribution is -2.04. The Kier molecular flexibility index (Phi) is 2.79. The van der Waals surface area contributed by atoms with Crippen molar-refractivity contribution in [3.63, 3.8) is 0 Å². The minimum absolute atomic E-state index is 0.00667. The van der Waals surface area contributed by atoms with Gasteiger partial charge in [-0.1, -0.05) is 12.1 Å². The Balaban J connectivity index is 2.39. The lowest BCUT2D eigenvalue weighted by Gasteiger charge is -2.02. The third kappa shape index (κ3) is 1.99. The van der Waals surface area contributed by atoms with Crippen LogP contribution in [0, 0.1) is 13.8 Å². The van der Waals surface area contributed by atoms with Crippen LogP contribution < -0.4 is 5.73 Å². The van der Waals surface area contributed by atoms with Gasteiger partial charge in [-0.25, -0.2) is 0 Å². The molecule has 1 atom stereocenters. The molecule has 0 aliphatic heterocycles. The minimum Gasteiger partial charge on any atom is -0.323 e. The second-order valence-corrected chi connectivity index (χ2v) is 4.30. The van der Waals surface area contributed by atoms with Crippen molar-refractivity contribution in [3.05, 3.63) is 41.1 Å². The van der Waals surface area contributed by atoms with Gasteiger partial charge in [0.1, 0.15) is 0 Å². The lowest BCUT2D eigenvalue weighted by atomic mass is 10.0. The number of aromatic amines is 1. The van der Waals surface area contributed by atoms with Crippen LogP contribution in [0.1, 0.15) is 29.8 Å². The summed E-state index contributed by atoms with van der Waals surface area (Å²) in [6.07, 6.45) is 0. The Morgan fingerprint density at radius 1 is 1.19 bits per heavy atom. The maximum Gasteiger partial charge on any atom is 0.0924 e. The number of nitrogens with one attached hydrogen (secondary N) is 1. The smallest absolute Gasteiger partial charge is 0.0924 e. The van der Waals surface area contributed by atoms with Crippen LogP contribution in [0.25, 0.3) is 11.3 Å². The number of hydrogen-bond acceptors (Lipinski definition) is 2. The van der Waals surface area contributed by atoms with E-state index in [2.05, 4.69) is 42.2 Å². The summed E-state index contributed by atoms with van der Waals surface area (Å²) in [5, 5.41) is 7.24. The Bertz CT molecular complexity index is 498. The molecule has 1 unspecified atom stereocenters. The molecule has 0 spiro atoms. The summed E-state index contributed by atoms with van der Waals surface area (Å²) in [7, 11) is 0. The second kappa shape index (κ2) is 4.10. The van der Waals surface area contributed by atoms with Crippen molar-refractivity contribution in [3.8, 4) is 11.3 Å². The SMILES string of the molecule is Cc1ccc(-c2cc(C(C)N)[nH]n2)cc1C. The highest BCUT2D eigenvalue weighted by atomic mass is 15.1. The van der Waals surface area contributed by atoms with Gasteiger partial charge in [0.05, 0.1) is 11.4 Å². The first-order valence-electron chi connectivity index (χ1n) is 5.46. The molecular formula is C13H17N3. The fourth-order valence-corrected chi connectivity index (χ4v) is 1.62. The van der Waals surface area contributed by atoms with Gasteiger partial charge in [-0.15, -0.1) is 0 Å². The van der Waals surface area contributed by atoms with Crippen LogP contribution in [0.4, 0.5) is 0 Å². The first-order chi connectivity index (χ1) is 7.58. The molecule has 0 bridgehead atoms. The zero-order valence-electron chi connectivity index (χ0n) is 9.91. The molecule has 0 saturated heterocycles.